The quantitative estimate of drug-likeness (QED) is 0.896. The fourth-order valence-electron chi connectivity index (χ4n) is 1.88. The molecule has 0 spiro atoms. The smallest absolute Gasteiger partial charge is 0.120 e. The Kier molecular flexibility index (Phi) is 4.83. The molecule has 0 amide bonds. The summed E-state index contributed by atoms with van der Waals surface area (Å²) in [5.41, 5.74) is 8.53. The predicted octanol–water partition coefficient (Wildman–Crippen LogP) is 3.98. The van der Waals surface area contributed by atoms with Crippen molar-refractivity contribution in [2.75, 3.05) is 6.61 Å². The number of halogens is 1. The van der Waals surface area contributed by atoms with Crippen LogP contribution in [0.15, 0.2) is 48.5 Å². The topological polar surface area (TPSA) is 35.2 Å². The second-order valence-corrected chi connectivity index (χ2v) is 4.91. The number of aryl methyl sites for hydroxylation is 1. The Morgan fingerprint density at radius 2 is 1.95 bits per heavy atom. The van der Waals surface area contributed by atoms with Crippen LogP contribution in [-0.4, -0.2) is 6.61 Å². The highest BCUT2D eigenvalue weighted by molar-refractivity contribution is 6.30. The van der Waals surface area contributed by atoms with E-state index in [0.29, 0.717) is 11.6 Å². The third-order valence-corrected chi connectivity index (χ3v) is 3.25. The average molecular weight is 276 g/mol. The summed E-state index contributed by atoms with van der Waals surface area (Å²) in [6.45, 7) is 2.57. The molecule has 0 aliphatic rings. The minimum absolute atomic E-state index is 0.134. The summed E-state index contributed by atoms with van der Waals surface area (Å²) in [6.07, 6.45) is 1.01. The van der Waals surface area contributed by atoms with E-state index in [4.69, 9.17) is 22.1 Å². The van der Waals surface area contributed by atoms with Gasteiger partial charge in [-0.1, -0.05) is 48.9 Å². The average Bonchev–Trinajstić information content (AvgIpc) is 2.45. The molecule has 2 nitrogen and oxygen atoms in total. The molecule has 2 aromatic carbocycles. The summed E-state index contributed by atoms with van der Waals surface area (Å²) in [5, 5.41) is 0.666. The molecule has 1 atom stereocenters. The number of benzene rings is 2. The van der Waals surface area contributed by atoms with E-state index in [1.807, 2.05) is 30.3 Å². The first-order chi connectivity index (χ1) is 9.19. The van der Waals surface area contributed by atoms with E-state index in [2.05, 4.69) is 19.1 Å². The molecule has 0 bridgehead atoms. The molecular weight excluding hydrogens is 258 g/mol. The molecule has 2 N–H and O–H groups in total. The highest BCUT2D eigenvalue weighted by Gasteiger charge is 2.07. The van der Waals surface area contributed by atoms with E-state index in [1.54, 1.807) is 6.07 Å². The van der Waals surface area contributed by atoms with Gasteiger partial charge in [0, 0.05) is 5.02 Å². The van der Waals surface area contributed by atoms with Crippen LogP contribution in [0.4, 0.5) is 0 Å². The Labute approximate surface area is 119 Å². The minimum atomic E-state index is -0.134. The zero-order valence-electron chi connectivity index (χ0n) is 11.0. The molecule has 2 aromatic rings. The van der Waals surface area contributed by atoms with E-state index >= 15 is 0 Å². The minimum Gasteiger partial charge on any atom is -0.492 e. The van der Waals surface area contributed by atoms with Gasteiger partial charge in [-0.3, -0.25) is 0 Å². The van der Waals surface area contributed by atoms with Crippen LogP contribution in [0.25, 0.3) is 0 Å². The Hall–Kier alpha value is -1.51. The first kappa shape index (κ1) is 13.9. The Morgan fingerprint density at radius 1 is 1.16 bits per heavy atom. The molecule has 19 heavy (non-hydrogen) atoms. The molecule has 0 saturated heterocycles. The number of hydrogen-bond acceptors (Lipinski definition) is 2. The van der Waals surface area contributed by atoms with E-state index in [9.17, 15) is 0 Å². The predicted molar refractivity (Wildman–Crippen MR) is 79.7 cm³/mol. The van der Waals surface area contributed by atoms with Gasteiger partial charge < -0.3 is 10.5 Å². The van der Waals surface area contributed by atoms with Gasteiger partial charge in [-0.25, -0.2) is 0 Å². The lowest BCUT2D eigenvalue weighted by Gasteiger charge is -2.14. The van der Waals surface area contributed by atoms with E-state index < -0.39 is 0 Å². The van der Waals surface area contributed by atoms with Gasteiger partial charge in [-0.15, -0.1) is 0 Å². The van der Waals surface area contributed by atoms with Crippen molar-refractivity contribution in [3.63, 3.8) is 0 Å². The number of rotatable bonds is 5. The van der Waals surface area contributed by atoms with Crippen molar-refractivity contribution in [1.82, 2.24) is 0 Å². The third-order valence-electron chi connectivity index (χ3n) is 3.01. The molecule has 2 rings (SSSR count). The zero-order valence-corrected chi connectivity index (χ0v) is 11.7. The van der Waals surface area contributed by atoms with Gasteiger partial charge in [0.2, 0.25) is 0 Å². The van der Waals surface area contributed by atoms with Crippen molar-refractivity contribution < 1.29 is 4.74 Å². The largest absolute Gasteiger partial charge is 0.492 e. The fraction of sp³-hybridized carbons (Fsp3) is 0.250. The van der Waals surface area contributed by atoms with Gasteiger partial charge in [0.1, 0.15) is 12.4 Å². The third kappa shape index (κ3) is 3.98. The zero-order chi connectivity index (χ0) is 13.7. The van der Waals surface area contributed by atoms with Gasteiger partial charge in [-0.05, 0) is 35.7 Å². The van der Waals surface area contributed by atoms with Gasteiger partial charge in [-0.2, -0.15) is 0 Å². The molecule has 0 heterocycles. The highest BCUT2D eigenvalue weighted by Crippen LogP contribution is 2.19. The van der Waals surface area contributed by atoms with Crippen molar-refractivity contribution in [2.45, 2.75) is 19.4 Å². The van der Waals surface area contributed by atoms with Crippen LogP contribution in [0.1, 0.15) is 24.1 Å². The fourth-order valence-corrected chi connectivity index (χ4v) is 2.06. The Morgan fingerprint density at radius 3 is 2.68 bits per heavy atom. The van der Waals surface area contributed by atoms with Crippen molar-refractivity contribution in [3.8, 4) is 5.75 Å². The summed E-state index contributed by atoms with van der Waals surface area (Å²) in [5.74, 6) is 0.745. The van der Waals surface area contributed by atoms with Gasteiger partial charge in [0.25, 0.3) is 0 Å². The second kappa shape index (κ2) is 6.60. The lowest BCUT2D eigenvalue weighted by molar-refractivity contribution is 0.290. The molecule has 0 fully saturated rings. The molecule has 0 radical (unpaired) electrons. The first-order valence-electron chi connectivity index (χ1n) is 6.42. The van der Waals surface area contributed by atoms with E-state index in [-0.39, 0.29) is 6.04 Å². The lowest BCUT2D eigenvalue weighted by Crippen LogP contribution is -2.19. The first-order valence-corrected chi connectivity index (χ1v) is 6.79. The summed E-state index contributed by atoms with van der Waals surface area (Å²) in [6, 6.07) is 15.5. The maximum absolute atomic E-state index is 6.15. The van der Waals surface area contributed by atoms with Crippen molar-refractivity contribution in [3.05, 3.63) is 64.7 Å². The van der Waals surface area contributed by atoms with Crippen LogP contribution < -0.4 is 10.5 Å². The lowest BCUT2D eigenvalue weighted by atomic mass is 10.0. The van der Waals surface area contributed by atoms with Crippen molar-refractivity contribution >= 4 is 11.6 Å². The summed E-state index contributed by atoms with van der Waals surface area (Å²) in [4.78, 5) is 0. The number of nitrogens with two attached hydrogens (primary N) is 1. The van der Waals surface area contributed by atoms with Gasteiger partial charge >= 0.3 is 0 Å². The van der Waals surface area contributed by atoms with Gasteiger partial charge in [0.15, 0.2) is 0 Å². The van der Waals surface area contributed by atoms with Gasteiger partial charge in [0.05, 0.1) is 6.04 Å². The van der Waals surface area contributed by atoms with E-state index in [1.165, 1.54) is 5.56 Å². The maximum atomic E-state index is 6.15. The molecule has 0 aliphatic carbocycles. The van der Waals surface area contributed by atoms with Crippen LogP contribution in [0.5, 0.6) is 5.75 Å². The number of ether oxygens (including phenoxy) is 1. The molecule has 100 valence electrons. The summed E-state index contributed by atoms with van der Waals surface area (Å²) >= 11 is 5.91. The molecule has 3 heteroatoms. The second-order valence-electron chi connectivity index (χ2n) is 4.47. The summed E-state index contributed by atoms with van der Waals surface area (Å²) in [7, 11) is 0. The highest BCUT2D eigenvalue weighted by atomic mass is 35.5. The molecular formula is C16H18ClNO. The molecule has 0 saturated carbocycles. The Bertz CT molecular complexity index is 542. The van der Waals surface area contributed by atoms with Crippen LogP contribution in [0.3, 0.4) is 0 Å². The molecule has 1 unspecified atom stereocenters. The van der Waals surface area contributed by atoms with Crippen LogP contribution in [0, 0.1) is 0 Å². The van der Waals surface area contributed by atoms with Crippen molar-refractivity contribution in [1.29, 1.82) is 0 Å². The maximum Gasteiger partial charge on any atom is 0.120 e. The standard InChI is InChI=1S/C16H18ClNO/c1-2-12-5-3-6-13(9-12)16(18)11-19-15-8-4-7-14(17)10-15/h3-10,16H,2,11,18H2,1H3. The van der Waals surface area contributed by atoms with Crippen molar-refractivity contribution in [2.24, 2.45) is 5.73 Å². The Balaban J connectivity index is 1.99. The summed E-state index contributed by atoms with van der Waals surface area (Å²) < 4.78 is 5.67. The van der Waals surface area contributed by atoms with Crippen LogP contribution in [-0.2, 0) is 6.42 Å². The monoisotopic (exact) mass is 275 g/mol. The molecule has 0 aromatic heterocycles. The molecule has 0 aliphatic heterocycles. The normalized spacial score (nSPS) is 12.2. The van der Waals surface area contributed by atoms with Crippen LogP contribution in [0.2, 0.25) is 5.02 Å². The number of hydrogen-bond donors (Lipinski definition) is 1. The van der Waals surface area contributed by atoms with Crippen LogP contribution >= 0.6 is 11.6 Å². The SMILES string of the molecule is CCc1cccc(C(N)COc2cccc(Cl)c2)c1. The van der Waals surface area contributed by atoms with E-state index in [0.717, 1.165) is 17.7 Å².